The van der Waals surface area contributed by atoms with Crippen molar-refractivity contribution < 1.29 is 9.59 Å². The molecule has 1 saturated heterocycles. The van der Waals surface area contributed by atoms with Crippen LogP contribution in [0.2, 0.25) is 0 Å². The number of aromatic nitrogens is 1. The van der Waals surface area contributed by atoms with Gasteiger partial charge in [0.05, 0.1) is 23.5 Å². The van der Waals surface area contributed by atoms with Gasteiger partial charge >= 0.3 is 0 Å². The number of fused-ring (bicyclic) bond motifs is 2. The van der Waals surface area contributed by atoms with Gasteiger partial charge in [-0.2, -0.15) is 0 Å². The molecule has 7 heteroatoms. The lowest BCUT2D eigenvalue weighted by Gasteiger charge is -2.29. The maximum absolute atomic E-state index is 13.5. The van der Waals surface area contributed by atoms with Crippen molar-refractivity contribution in [1.82, 2.24) is 14.8 Å². The number of likely N-dealkylation sites (N-methyl/N-ethyl adjacent to an activating group) is 1. The van der Waals surface area contributed by atoms with Crippen LogP contribution in [0, 0.1) is 0 Å². The minimum atomic E-state index is -0.254. The van der Waals surface area contributed by atoms with E-state index >= 15 is 0 Å². The van der Waals surface area contributed by atoms with Crippen LogP contribution in [-0.4, -0.2) is 66.4 Å². The summed E-state index contributed by atoms with van der Waals surface area (Å²) in [7, 11) is 4.20. The van der Waals surface area contributed by atoms with E-state index in [-0.39, 0.29) is 18.4 Å². The molecule has 1 unspecified atom stereocenters. The Labute approximate surface area is 184 Å². The van der Waals surface area contributed by atoms with Crippen molar-refractivity contribution in [3.05, 3.63) is 48.2 Å². The molecule has 31 heavy (non-hydrogen) atoms. The molecule has 1 N–H and O–H groups in total. The molecule has 2 aliphatic heterocycles. The number of hydrogen-bond donors (Lipinski definition) is 1. The molecule has 0 radical (unpaired) electrons. The number of benzene rings is 1. The second kappa shape index (κ2) is 9.58. The van der Waals surface area contributed by atoms with Crippen molar-refractivity contribution in [3.63, 3.8) is 0 Å². The molecule has 2 amide bonds. The summed E-state index contributed by atoms with van der Waals surface area (Å²) in [6.45, 7) is 2.26. The van der Waals surface area contributed by atoms with Crippen LogP contribution in [0.4, 0.5) is 17.2 Å². The molecule has 0 spiro atoms. The van der Waals surface area contributed by atoms with Crippen LogP contribution >= 0.6 is 0 Å². The molecule has 1 aromatic heterocycles. The Hall–Kier alpha value is -2.77. The Balaban J connectivity index is 1.51. The molecule has 4 rings (SSSR count). The van der Waals surface area contributed by atoms with E-state index in [1.807, 2.05) is 31.3 Å². The predicted octanol–water partition coefficient (Wildman–Crippen LogP) is 3.51. The first-order valence-electron chi connectivity index (χ1n) is 11.1. The number of pyridine rings is 1. The standard InChI is InChI=1S/C24H31N5O2/c1-27(16-13-18-9-4-3-7-15-28(18)2)17-22(30)29-21-12-6-5-11-20(21)26-24(31)19-10-8-14-25-23(19)29/h5-6,8,10-12,14,18H,3-4,7,9,13,15-17H2,1-2H3,(H,26,31). The fraction of sp³-hybridized carbons (Fsp3) is 0.458. The van der Waals surface area contributed by atoms with Gasteiger partial charge in [-0.1, -0.05) is 25.0 Å². The van der Waals surface area contributed by atoms with Gasteiger partial charge < -0.3 is 10.2 Å². The summed E-state index contributed by atoms with van der Waals surface area (Å²) >= 11 is 0. The van der Waals surface area contributed by atoms with Crippen molar-refractivity contribution in [3.8, 4) is 0 Å². The molecule has 0 saturated carbocycles. The predicted molar refractivity (Wildman–Crippen MR) is 123 cm³/mol. The number of nitrogens with one attached hydrogen (secondary N) is 1. The molecule has 1 atom stereocenters. The number of carbonyl (C=O) groups excluding carboxylic acids is 2. The number of nitrogens with zero attached hydrogens (tertiary/aromatic N) is 4. The second-order valence-electron chi connectivity index (χ2n) is 8.59. The zero-order chi connectivity index (χ0) is 21.8. The van der Waals surface area contributed by atoms with Crippen molar-refractivity contribution in [2.45, 2.75) is 38.1 Å². The van der Waals surface area contributed by atoms with Crippen LogP contribution in [0.3, 0.4) is 0 Å². The van der Waals surface area contributed by atoms with Gasteiger partial charge in [0.1, 0.15) is 0 Å². The smallest absolute Gasteiger partial charge is 0.259 e. The van der Waals surface area contributed by atoms with E-state index in [4.69, 9.17) is 0 Å². The minimum Gasteiger partial charge on any atom is -0.320 e. The highest BCUT2D eigenvalue weighted by atomic mass is 16.2. The van der Waals surface area contributed by atoms with Crippen LogP contribution in [0.15, 0.2) is 42.6 Å². The monoisotopic (exact) mass is 421 g/mol. The summed E-state index contributed by atoms with van der Waals surface area (Å²) in [5.41, 5.74) is 1.66. The van der Waals surface area contributed by atoms with E-state index in [1.165, 1.54) is 25.7 Å². The minimum absolute atomic E-state index is 0.0966. The Morgan fingerprint density at radius 1 is 1.19 bits per heavy atom. The number of rotatable bonds is 5. The van der Waals surface area contributed by atoms with Gasteiger partial charge in [-0.25, -0.2) is 4.98 Å². The number of para-hydroxylation sites is 2. The number of amides is 2. The molecular weight excluding hydrogens is 390 g/mol. The molecule has 3 heterocycles. The summed E-state index contributed by atoms with van der Waals surface area (Å²) in [5, 5.41) is 2.90. The van der Waals surface area contributed by atoms with E-state index in [0.29, 0.717) is 28.8 Å². The van der Waals surface area contributed by atoms with Crippen molar-refractivity contribution in [2.24, 2.45) is 0 Å². The average molecular weight is 422 g/mol. The molecule has 0 aliphatic carbocycles. The summed E-state index contributed by atoms with van der Waals surface area (Å²) in [5.74, 6) is 0.0306. The van der Waals surface area contributed by atoms with Crippen LogP contribution in [0.5, 0.6) is 0 Å². The van der Waals surface area contributed by atoms with E-state index in [1.54, 1.807) is 23.2 Å². The van der Waals surface area contributed by atoms with Gasteiger partial charge in [0.15, 0.2) is 5.82 Å². The molecule has 1 aromatic carbocycles. The highest BCUT2D eigenvalue weighted by Gasteiger charge is 2.30. The first-order chi connectivity index (χ1) is 15.0. The molecule has 0 bridgehead atoms. The fourth-order valence-electron chi connectivity index (χ4n) is 4.52. The van der Waals surface area contributed by atoms with Crippen LogP contribution in [0.25, 0.3) is 0 Å². The molecule has 7 nitrogen and oxygen atoms in total. The molecule has 2 aromatic rings. The quantitative estimate of drug-likeness (QED) is 0.800. The van der Waals surface area contributed by atoms with E-state index < -0.39 is 0 Å². The van der Waals surface area contributed by atoms with Crippen LogP contribution in [0.1, 0.15) is 42.5 Å². The van der Waals surface area contributed by atoms with Crippen molar-refractivity contribution in [1.29, 1.82) is 0 Å². The lowest BCUT2D eigenvalue weighted by Crippen LogP contribution is -2.39. The molecule has 164 valence electrons. The van der Waals surface area contributed by atoms with Crippen molar-refractivity contribution >= 4 is 29.0 Å². The van der Waals surface area contributed by atoms with Gasteiger partial charge in [0.2, 0.25) is 5.91 Å². The zero-order valence-corrected chi connectivity index (χ0v) is 18.4. The normalized spacial score (nSPS) is 19.3. The zero-order valence-electron chi connectivity index (χ0n) is 18.4. The van der Waals surface area contributed by atoms with E-state index in [0.717, 1.165) is 19.5 Å². The second-order valence-corrected chi connectivity index (χ2v) is 8.59. The van der Waals surface area contributed by atoms with Crippen LogP contribution in [-0.2, 0) is 4.79 Å². The number of likely N-dealkylation sites (tertiary alicyclic amines) is 1. The summed E-state index contributed by atoms with van der Waals surface area (Å²) in [4.78, 5) is 36.7. The molecule has 2 aliphatic rings. The molecular formula is C24H31N5O2. The topological polar surface area (TPSA) is 68.8 Å². The van der Waals surface area contributed by atoms with Gasteiger partial charge in [-0.05, 0) is 70.7 Å². The first kappa shape index (κ1) is 21.5. The largest absolute Gasteiger partial charge is 0.320 e. The van der Waals surface area contributed by atoms with Crippen LogP contribution < -0.4 is 10.2 Å². The van der Waals surface area contributed by atoms with Gasteiger partial charge in [0, 0.05) is 12.2 Å². The first-order valence-corrected chi connectivity index (χ1v) is 11.1. The molecule has 1 fully saturated rings. The number of hydrogen-bond acceptors (Lipinski definition) is 5. The third-order valence-corrected chi connectivity index (χ3v) is 6.31. The average Bonchev–Trinajstić information content (AvgIpc) is 3.04. The highest BCUT2D eigenvalue weighted by molar-refractivity contribution is 6.17. The number of anilines is 3. The Morgan fingerprint density at radius 2 is 2.03 bits per heavy atom. The third kappa shape index (κ3) is 4.78. The summed E-state index contributed by atoms with van der Waals surface area (Å²) < 4.78 is 0. The fourth-order valence-corrected chi connectivity index (χ4v) is 4.52. The highest BCUT2D eigenvalue weighted by Crippen LogP contribution is 2.36. The Morgan fingerprint density at radius 3 is 2.90 bits per heavy atom. The number of carbonyl (C=O) groups is 2. The van der Waals surface area contributed by atoms with Gasteiger partial charge in [-0.15, -0.1) is 0 Å². The maximum atomic E-state index is 13.5. The lowest BCUT2D eigenvalue weighted by atomic mass is 10.1. The SMILES string of the molecule is CN(CCC1CCCCCN1C)CC(=O)N1c2ccccc2NC(=O)c2cccnc21. The van der Waals surface area contributed by atoms with Gasteiger partial charge in [0.25, 0.3) is 5.91 Å². The maximum Gasteiger partial charge on any atom is 0.259 e. The van der Waals surface area contributed by atoms with Crippen molar-refractivity contribution in [2.75, 3.05) is 43.9 Å². The van der Waals surface area contributed by atoms with E-state index in [9.17, 15) is 9.59 Å². The summed E-state index contributed by atoms with van der Waals surface area (Å²) in [6.07, 6.45) is 7.75. The lowest BCUT2D eigenvalue weighted by molar-refractivity contribution is -0.118. The Kier molecular flexibility index (Phi) is 6.63. The van der Waals surface area contributed by atoms with E-state index in [2.05, 4.69) is 27.1 Å². The summed E-state index contributed by atoms with van der Waals surface area (Å²) in [6, 6.07) is 11.4. The Bertz CT molecular complexity index is 947. The third-order valence-electron chi connectivity index (χ3n) is 6.31. The van der Waals surface area contributed by atoms with Gasteiger partial charge in [-0.3, -0.25) is 19.4 Å².